The van der Waals surface area contributed by atoms with Crippen molar-refractivity contribution in [2.24, 2.45) is 47.2 Å². The van der Waals surface area contributed by atoms with Gasteiger partial charge < -0.3 is 55.9 Å². The van der Waals surface area contributed by atoms with Crippen LogP contribution in [0.5, 0.6) is 0 Å². The Balaban J connectivity index is 1.37. The number of methoxy groups -OCH3 is 1. The molecule has 5 aliphatic rings. The van der Waals surface area contributed by atoms with Crippen LogP contribution in [0.4, 0.5) is 0 Å². The molecule has 0 aromatic heterocycles. The smallest absolute Gasteiger partial charge is 0.187 e. The third kappa shape index (κ3) is 6.08. The van der Waals surface area contributed by atoms with Gasteiger partial charge in [0, 0.05) is 37.9 Å². The van der Waals surface area contributed by atoms with Crippen molar-refractivity contribution in [1.82, 2.24) is 5.32 Å². The number of rotatable bonds is 8. The van der Waals surface area contributed by atoms with Gasteiger partial charge in [-0.1, -0.05) is 6.92 Å². The number of carbonyl (C=O) groups is 2. The number of aliphatic hydroxyl groups excluding tert-OH is 5. The molecule has 3 saturated carbocycles. The summed E-state index contributed by atoms with van der Waals surface area (Å²) in [5, 5.41) is 68.4. The van der Waals surface area contributed by atoms with E-state index in [9.17, 15) is 40.2 Å². The predicted octanol–water partition coefficient (Wildman–Crippen LogP) is -1.96. The van der Waals surface area contributed by atoms with Crippen LogP contribution < -0.4 is 11.1 Å². The maximum absolute atomic E-state index is 14.0. The van der Waals surface area contributed by atoms with Gasteiger partial charge in [0.15, 0.2) is 6.29 Å². The van der Waals surface area contributed by atoms with Gasteiger partial charge in [-0.3, -0.25) is 9.59 Å². The lowest BCUT2D eigenvalue weighted by Gasteiger charge is -2.54. The van der Waals surface area contributed by atoms with E-state index in [0.29, 0.717) is 25.7 Å². The molecule has 5 fully saturated rings. The summed E-state index contributed by atoms with van der Waals surface area (Å²) in [6.45, 7) is 1.61. The van der Waals surface area contributed by atoms with Crippen LogP contribution in [0, 0.1) is 41.4 Å². The van der Waals surface area contributed by atoms with Crippen molar-refractivity contribution < 1.29 is 54.4 Å². The Kier molecular flexibility index (Phi) is 10.3. The van der Waals surface area contributed by atoms with Crippen LogP contribution in [-0.4, -0.2) is 124 Å². The second-order valence-corrected chi connectivity index (χ2v) is 13.8. The minimum atomic E-state index is -1.97. The van der Waals surface area contributed by atoms with E-state index in [0.717, 1.165) is 13.0 Å². The highest BCUT2D eigenvalue weighted by Gasteiger charge is 2.62. The zero-order valence-corrected chi connectivity index (χ0v) is 25.0. The van der Waals surface area contributed by atoms with Crippen molar-refractivity contribution in [2.45, 2.75) is 107 Å². The molecule has 2 heterocycles. The van der Waals surface area contributed by atoms with Crippen molar-refractivity contribution in [3.63, 3.8) is 0 Å². The molecule has 0 amide bonds. The molecule has 11 unspecified atom stereocenters. The van der Waals surface area contributed by atoms with E-state index in [1.165, 1.54) is 7.11 Å². The number of piperidine rings is 1. The second kappa shape index (κ2) is 13.3. The first-order valence-corrected chi connectivity index (χ1v) is 15.8. The molecule has 2 saturated heterocycles. The molecule has 9 N–H and O–H groups in total. The average molecular weight is 615 g/mol. The first kappa shape index (κ1) is 33.3. The van der Waals surface area contributed by atoms with Crippen LogP contribution in [0.15, 0.2) is 0 Å². The van der Waals surface area contributed by atoms with E-state index >= 15 is 0 Å². The number of carbonyl (C=O) groups excluding carboxylic acids is 2. The van der Waals surface area contributed by atoms with Gasteiger partial charge in [0.2, 0.25) is 0 Å². The van der Waals surface area contributed by atoms with Crippen LogP contribution in [0.1, 0.15) is 51.9 Å². The number of nitrogens with two attached hydrogens (primary N) is 1. The minimum absolute atomic E-state index is 0.0466. The molecular weight excluding hydrogens is 564 g/mol. The summed E-state index contributed by atoms with van der Waals surface area (Å²) in [7, 11) is 1.45. The third-order valence-corrected chi connectivity index (χ3v) is 11.1. The van der Waals surface area contributed by atoms with E-state index in [2.05, 4.69) is 5.32 Å². The molecule has 43 heavy (non-hydrogen) atoms. The highest BCUT2D eigenvalue weighted by molar-refractivity contribution is 6.00. The number of ether oxygens (including phenoxy) is 3. The molecule has 0 bridgehead atoms. The summed E-state index contributed by atoms with van der Waals surface area (Å²) in [5.41, 5.74) is 4.03. The summed E-state index contributed by atoms with van der Waals surface area (Å²) in [6, 6.07) is 0. The Hall–Kier alpha value is -1.10. The molecule has 246 valence electrons. The second-order valence-electron chi connectivity index (χ2n) is 13.8. The molecule has 3 aliphatic carbocycles. The molecule has 16 atom stereocenters. The largest absolute Gasteiger partial charge is 0.396 e. The number of fused-ring (bicyclic) bond motifs is 2. The third-order valence-electron chi connectivity index (χ3n) is 11.1. The highest BCUT2D eigenvalue weighted by atomic mass is 16.7. The van der Waals surface area contributed by atoms with E-state index in [1.807, 2.05) is 6.92 Å². The molecule has 0 aromatic rings. The van der Waals surface area contributed by atoms with Crippen LogP contribution in [0.2, 0.25) is 0 Å². The Labute approximate surface area is 252 Å². The van der Waals surface area contributed by atoms with Gasteiger partial charge in [-0.2, -0.15) is 0 Å². The Morgan fingerprint density at radius 2 is 1.74 bits per heavy atom. The molecule has 13 nitrogen and oxygen atoms in total. The van der Waals surface area contributed by atoms with Crippen LogP contribution in [0.3, 0.4) is 0 Å². The van der Waals surface area contributed by atoms with Gasteiger partial charge >= 0.3 is 0 Å². The van der Waals surface area contributed by atoms with E-state index in [4.69, 9.17) is 19.9 Å². The summed E-state index contributed by atoms with van der Waals surface area (Å²) in [4.78, 5) is 28.0. The van der Waals surface area contributed by atoms with Gasteiger partial charge in [0.25, 0.3) is 0 Å². The fraction of sp³-hybridized carbons (Fsp3) is 0.933. The fourth-order valence-corrected chi connectivity index (χ4v) is 8.84. The van der Waals surface area contributed by atoms with Crippen molar-refractivity contribution in [2.75, 3.05) is 26.9 Å². The quantitative estimate of drug-likeness (QED) is 0.149. The maximum atomic E-state index is 14.0. The first-order chi connectivity index (χ1) is 20.4. The molecule has 2 aliphatic heterocycles. The average Bonchev–Trinajstić information content (AvgIpc) is 2.98. The lowest BCUT2D eigenvalue weighted by molar-refractivity contribution is -0.347. The molecule has 0 radical (unpaired) electrons. The minimum Gasteiger partial charge on any atom is -0.396 e. The van der Waals surface area contributed by atoms with E-state index < -0.39 is 84.7 Å². The normalized spacial score (nSPS) is 50.7. The van der Waals surface area contributed by atoms with Gasteiger partial charge in [0.1, 0.15) is 35.5 Å². The number of hydrogen-bond donors (Lipinski definition) is 8. The van der Waals surface area contributed by atoms with Gasteiger partial charge in [0.05, 0.1) is 42.9 Å². The van der Waals surface area contributed by atoms with E-state index in [1.54, 1.807) is 0 Å². The Morgan fingerprint density at radius 3 is 2.40 bits per heavy atom. The zero-order valence-electron chi connectivity index (χ0n) is 25.0. The molecular formula is C30H50N2O11. The lowest BCUT2D eigenvalue weighted by atomic mass is 9.53. The number of ketones is 2. The Bertz CT molecular complexity index is 999. The standard InChI is InChI=1S/C30H50N2O11/c1-13-7-15-22(17(35)8-13)26(37)24-19(10-18(41-2)16(11-33)23(24)25(15)36)42-29-27(38)28(39)30(40,20(12-34)43-29)5-3-14-4-6-32-21(31)9-14/h13-24,27-29,32-35,38-40H,3-12,31H2,1-2H3/t13?,14?,15?,16?,17?,18?,19?,20-,21?,22?,23?,24?,27-,28-,29+,30-/m1/s1. The van der Waals surface area contributed by atoms with E-state index in [-0.39, 0.29) is 49.0 Å². The summed E-state index contributed by atoms with van der Waals surface area (Å²) in [6.07, 6.45) is -6.13. The SMILES string of the molecule is COC1CC(O[C@H]2O[C@H](CO)[C@](O)(CCC3CCNC(N)C3)[C@H](O)[C@H]2O)C2C(=O)C3C(O)CC(C)CC3C(=O)C2C1CO. The molecule has 0 spiro atoms. The van der Waals surface area contributed by atoms with Crippen LogP contribution >= 0.6 is 0 Å². The number of Topliss-reactive ketones (excluding diaryl/α,β-unsaturated/α-hetero) is 2. The number of nitrogens with one attached hydrogen (secondary N) is 1. The van der Waals surface area contributed by atoms with Crippen molar-refractivity contribution >= 4 is 11.6 Å². The monoisotopic (exact) mass is 614 g/mol. The summed E-state index contributed by atoms with van der Waals surface area (Å²) in [5.74, 6) is -4.48. The molecule has 0 aromatic carbocycles. The topological polar surface area (TPSA) is 221 Å². The maximum Gasteiger partial charge on any atom is 0.187 e. The molecule has 13 heteroatoms. The van der Waals surface area contributed by atoms with Gasteiger partial charge in [-0.05, 0) is 56.9 Å². The summed E-state index contributed by atoms with van der Waals surface area (Å²) >= 11 is 0. The first-order valence-electron chi connectivity index (χ1n) is 15.8. The lowest BCUT2D eigenvalue weighted by Crippen LogP contribution is -2.69. The van der Waals surface area contributed by atoms with Gasteiger partial charge in [-0.15, -0.1) is 0 Å². The van der Waals surface area contributed by atoms with Crippen molar-refractivity contribution in [1.29, 1.82) is 0 Å². The van der Waals surface area contributed by atoms with Crippen molar-refractivity contribution in [3.8, 4) is 0 Å². The highest BCUT2D eigenvalue weighted by Crippen LogP contribution is 2.51. The number of aliphatic hydroxyl groups is 6. The van der Waals surface area contributed by atoms with Crippen LogP contribution in [0.25, 0.3) is 0 Å². The number of hydrogen-bond acceptors (Lipinski definition) is 13. The Morgan fingerprint density at radius 1 is 1.00 bits per heavy atom. The van der Waals surface area contributed by atoms with Crippen LogP contribution in [-0.2, 0) is 23.8 Å². The van der Waals surface area contributed by atoms with Crippen molar-refractivity contribution in [3.05, 3.63) is 0 Å². The summed E-state index contributed by atoms with van der Waals surface area (Å²) < 4.78 is 17.7. The molecule has 5 rings (SSSR count). The van der Waals surface area contributed by atoms with Gasteiger partial charge in [-0.25, -0.2) is 0 Å². The fourth-order valence-electron chi connectivity index (χ4n) is 8.84. The predicted molar refractivity (Wildman–Crippen MR) is 150 cm³/mol. The zero-order chi connectivity index (χ0) is 31.2.